The molecule has 3 aromatic heterocycles. The van der Waals surface area contributed by atoms with E-state index in [2.05, 4.69) is 20.3 Å². The first-order valence-electron chi connectivity index (χ1n) is 6.94. The molecule has 0 aliphatic rings. The second-order valence-electron chi connectivity index (χ2n) is 4.79. The molecule has 0 aliphatic carbocycles. The van der Waals surface area contributed by atoms with Gasteiger partial charge < -0.3 is 5.32 Å². The molecule has 0 unspecified atom stereocenters. The van der Waals surface area contributed by atoms with Gasteiger partial charge in [0.2, 0.25) is 0 Å². The largest absolute Gasteiger partial charge is 0.329 e. The van der Waals surface area contributed by atoms with E-state index in [0.29, 0.717) is 12.2 Å². The first kappa shape index (κ1) is 14.6. The van der Waals surface area contributed by atoms with Gasteiger partial charge in [-0.25, -0.2) is 9.78 Å². The third kappa shape index (κ3) is 2.73. The fourth-order valence-electron chi connectivity index (χ4n) is 2.22. The molecule has 8 heteroatoms. The second kappa shape index (κ2) is 5.84. The van der Waals surface area contributed by atoms with E-state index < -0.39 is 17.2 Å². The molecular weight excluding hydrogens is 298 g/mol. The molecule has 2 N–H and O–H groups in total. The van der Waals surface area contributed by atoms with Gasteiger partial charge in [-0.15, -0.1) is 0 Å². The fraction of sp³-hybridized carbons (Fsp3) is 0.133. The first-order valence-corrected chi connectivity index (χ1v) is 6.94. The summed E-state index contributed by atoms with van der Waals surface area (Å²) in [6.45, 7) is 2.13. The van der Waals surface area contributed by atoms with Crippen LogP contribution in [0.3, 0.4) is 0 Å². The number of hydrogen-bond acceptors (Lipinski definition) is 5. The van der Waals surface area contributed by atoms with Gasteiger partial charge in [-0.05, 0) is 25.1 Å². The number of fused-ring (bicyclic) bond motifs is 1. The molecule has 0 radical (unpaired) electrons. The predicted molar refractivity (Wildman–Crippen MR) is 84.5 cm³/mol. The number of pyridine rings is 2. The van der Waals surface area contributed by atoms with Crippen LogP contribution in [0.4, 0.5) is 5.69 Å². The highest BCUT2D eigenvalue weighted by atomic mass is 16.2. The van der Waals surface area contributed by atoms with E-state index in [1.807, 2.05) is 0 Å². The lowest BCUT2D eigenvalue weighted by atomic mass is 10.2. The van der Waals surface area contributed by atoms with Gasteiger partial charge in [0.1, 0.15) is 5.65 Å². The number of H-pyrrole nitrogens is 1. The van der Waals surface area contributed by atoms with Crippen molar-refractivity contribution >= 4 is 22.6 Å². The quantitative estimate of drug-likeness (QED) is 0.742. The summed E-state index contributed by atoms with van der Waals surface area (Å²) < 4.78 is 1.33. The first-order chi connectivity index (χ1) is 11.1. The Bertz CT molecular complexity index is 991. The van der Waals surface area contributed by atoms with Gasteiger partial charge in [0.05, 0.1) is 10.9 Å². The van der Waals surface area contributed by atoms with E-state index in [1.165, 1.54) is 16.8 Å². The lowest BCUT2D eigenvalue weighted by Gasteiger charge is -2.08. The van der Waals surface area contributed by atoms with Gasteiger partial charge in [0, 0.05) is 30.8 Å². The molecule has 3 heterocycles. The normalized spacial score (nSPS) is 10.7. The molecule has 3 rings (SSSR count). The summed E-state index contributed by atoms with van der Waals surface area (Å²) in [5, 5.41) is 2.87. The Hall–Kier alpha value is -3.29. The van der Waals surface area contributed by atoms with Crippen molar-refractivity contribution in [2.75, 3.05) is 5.32 Å². The van der Waals surface area contributed by atoms with Crippen LogP contribution < -0.4 is 16.6 Å². The number of amides is 1. The zero-order chi connectivity index (χ0) is 16.4. The summed E-state index contributed by atoms with van der Waals surface area (Å²) in [7, 11) is 0. The maximum Gasteiger partial charge on any atom is 0.329 e. The fourth-order valence-corrected chi connectivity index (χ4v) is 2.22. The van der Waals surface area contributed by atoms with E-state index in [0.717, 1.165) is 0 Å². The van der Waals surface area contributed by atoms with Crippen LogP contribution in [0.2, 0.25) is 0 Å². The van der Waals surface area contributed by atoms with Crippen molar-refractivity contribution in [1.82, 2.24) is 19.5 Å². The Morgan fingerprint density at radius 2 is 2.04 bits per heavy atom. The molecule has 0 spiro atoms. The van der Waals surface area contributed by atoms with Gasteiger partial charge in [-0.3, -0.25) is 24.1 Å². The molecule has 8 nitrogen and oxygen atoms in total. The van der Waals surface area contributed by atoms with E-state index in [1.54, 1.807) is 31.5 Å². The number of aryl methyl sites for hydroxylation is 1. The van der Waals surface area contributed by atoms with Crippen LogP contribution in [0.1, 0.15) is 17.3 Å². The van der Waals surface area contributed by atoms with Gasteiger partial charge in [-0.1, -0.05) is 0 Å². The predicted octanol–water partition coefficient (Wildman–Crippen LogP) is 0.752. The smallest absolute Gasteiger partial charge is 0.322 e. The van der Waals surface area contributed by atoms with E-state index in [4.69, 9.17) is 0 Å². The van der Waals surface area contributed by atoms with Gasteiger partial charge in [-0.2, -0.15) is 0 Å². The molecule has 23 heavy (non-hydrogen) atoms. The zero-order valence-corrected chi connectivity index (χ0v) is 12.2. The number of carbonyl (C=O) groups is 1. The van der Waals surface area contributed by atoms with E-state index in [9.17, 15) is 14.4 Å². The van der Waals surface area contributed by atoms with Crippen LogP contribution in [-0.4, -0.2) is 25.4 Å². The molecule has 116 valence electrons. The lowest BCUT2D eigenvalue weighted by Crippen LogP contribution is -2.30. The summed E-state index contributed by atoms with van der Waals surface area (Å²) in [6, 6.07) is 4.71. The third-order valence-corrected chi connectivity index (χ3v) is 3.35. The molecule has 0 saturated carbocycles. The molecule has 0 fully saturated rings. The SMILES string of the molecule is CCn1c(=O)[nH]c(=O)c2cc(C(=O)Nc3ccncc3)cnc21. The Morgan fingerprint density at radius 3 is 2.74 bits per heavy atom. The average molecular weight is 311 g/mol. The van der Waals surface area contributed by atoms with Gasteiger partial charge >= 0.3 is 5.69 Å². The summed E-state index contributed by atoms with van der Waals surface area (Å²) in [5.74, 6) is -0.403. The summed E-state index contributed by atoms with van der Waals surface area (Å²) in [6.07, 6.45) is 4.45. The van der Waals surface area contributed by atoms with Crippen LogP contribution in [0.25, 0.3) is 11.0 Å². The maximum absolute atomic E-state index is 12.2. The second-order valence-corrected chi connectivity index (χ2v) is 4.79. The highest BCUT2D eigenvalue weighted by Gasteiger charge is 2.12. The van der Waals surface area contributed by atoms with Crippen LogP contribution in [0.5, 0.6) is 0 Å². The molecule has 0 atom stereocenters. The van der Waals surface area contributed by atoms with Crippen LogP contribution in [-0.2, 0) is 6.54 Å². The topological polar surface area (TPSA) is 110 Å². The van der Waals surface area contributed by atoms with Crippen molar-refractivity contribution in [3.8, 4) is 0 Å². The summed E-state index contributed by atoms with van der Waals surface area (Å²) in [4.78, 5) is 46.1. The molecular formula is C15H13N5O3. The summed E-state index contributed by atoms with van der Waals surface area (Å²) >= 11 is 0. The molecule has 0 bridgehead atoms. The Labute approximate surface area is 129 Å². The van der Waals surface area contributed by atoms with Crippen LogP contribution >= 0.6 is 0 Å². The van der Waals surface area contributed by atoms with Crippen molar-refractivity contribution in [1.29, 1.82) is 0 Å². The van der Waals surface area contributed by atoms with Crippen LogP contribution in [0, 0.1) is 0 Å². The van der Waals surface area contributed by atoms with Crippen molar-refractivity contribution < 1.29 is 4.79 Å². The van der Waals surface area contributed by atoms with E-state index >= 15 is 0 Å². The van der Waals surface area contributed by atoms with Crippen molar-refractivity contribution in [2.45, 2.75) is 13.5 Å². The third-order valence-electron chi connectivity index (χ3n) is 3.35. The van der Waals surface area contributed by atoms with Crippen molar-refractivity contribution in [3.05, 3.63) is 63.2 Å². The minimum absolute atomic E-state index is 0.189. The number of aromatic amines is 1. The molecule has 0 aliphatic heterocycles. The maximum atomic E-state index is 12.2. The average Bonchev–Trinajstić information content (AvgIpc) is 2.56. The number of aromatic nitrogens is 4. The number of anilines is 1. The number of nitrogens with zero attached hydrogens (tertiary/aromatic N) is 3. The van der Waals surface area contributed by atoms with Crippen LogP contribution in [0.15, 0.2) is 46.4 Å². The number of rotatable bonds is 3. The molecule has 0 saturated heterocycles. The van der Waals surface area contributed by atoms with E-state index in [-0.39, 0.29) is 16.6 Å². The van der Waals surface area contributed by atoms with Crippen molar-refractivity contribution in [3.63, 3.8) is 0 Å². The standard InChI is InChI=1S/C15H13N5O3/c1-2-20-12-11(14(22)19-15(20)23)7-9(8-17-12)13(21)18-10-3-5-16-6-4-10/h3-8H,2H2,1H3,(H,16,18,21)(H,19,22,23). The van der Waals surface area contributed by atoms with Gasteiger partial charge in [0.25, 0.3) is 11.5 Å². The highest BCUT2D eigenvalue weighted by molar-refractivity contribution is 6.05. The Morgan fingerprint density at radius 1 is 1.30 bits per heavy atom. The number of hydrogen-bond donors (Lipinski definition) is 2. The van der Waals surface area contributed by atoms with Gasteiger partial charge in [0.15, 0.2) is 0 Å². The zero-order valence-electron chi connectivity index (χ0n) is 12.2. The summed E-state index contributed by atoms with van der Waals surface area (Å²) in [5.41, 5.74) is -0.0346. The number of carbonyl (C=O) groups excluding carboxylic acids is 1. The minimum atomic E-state index is -0.569. The molecule has 1 amide bonds. The minimum Gasteiger partial charge on any atom is -0.322 e. The monoisotopic (exact) mass is 311 g/mol. The Kier molecular flexibility index (Phi) is 3.71. The molecule has 3 aromatic rings. The lowest BCUT2D eigenvalue weighted by molar-refractivity contribution is 0.102. The van der Waals surface area contributed by atoms with Crippen molar-refractivity contribution in [2.24, 2.45) is 0 Å². The number of nitrogens with one attached hydrogen (secondary N) is 2. The molecule has 0 aromatic carbocycles. The highest BCUT2D eigenvalue weighted by Crippen LogP contribution is 2.11. The Balaban J connectivity index is 2.05.